The Hall–Kier alpha value is -2.91. The van der Waals surface area contributed by atoms with Gasteiger partial charge in [0.25, 0.3) is 5.91 Å². The normalized spacial score (nSPS) is 24.2. The number of aryl methyl sites for hydroxylation is 1. The highest BCUT2D eigenvalue weighted by Crippen LogP contribution is 2.43. The van der Waals surface area contributed by atoms with E-state index in [-0.39, 0.29) is 16.9 Å². The fourth-order valence-corrected chi connectivity index (χ4v) is 5.42. The van der Waals surface area contributed by atoms with Crippen molar-refractivity contribution in [2.45, 2.75) is 17.6 Å². The Kier molecular flexibility index (Phi) is 4.62. The van der Waals surface area contributed by atoms with E-state index in [4.69, 9.17) is 12.2 Å². The quantitative estimate of drug-likeness (QED) is 0.592. The summed E-state index contributed by atoms with van der Waals surface area (Å²) in [5, 5.41) is 4.54. The third kappa shape index (κ3) is 3.02. The number of amides is 1. The smallest absolute Gasteiger partial charge is 0.350 e. The van der Waals surface area contributed by atoms with Gasteiger partial charge in [-0.15, -0.1) is 0 Å². The fraction of sp³-hybridized carbons (Fsp3) is 0.304. The van der Waals surface area contributed by atoms with Gasteiger partial charge in [0, 0.05) is 43.2 Å². The Morgan fingerprint density at radius 3 is 2.47 bits per heavy atom. The van der Waals surface area contributed by atoms with Crippen molar-refractivity contribution in [1.82, 2.24) is 14.8 Å². The van der Waals surface area contributed by atoms with E-state index in [1.165, 1.54) is 17.0 Å². The first-order valence-electron chi connectivity index (χ1n) is 10.2. The summed E-state index contributed by atoms with van der Waals surface area (Å²) in [4.78, 5) is 17.2. The zero-order chi connectivity index (χ0) is 22.8. The number of nitrogens with zero attached hydrogens (tertiary/aromatic N) is 3. The number of carbonyl (C=O) groups excluding carboxylic acids is 1. The number of hydrogen-bond acceptors (Lipinski definition) is 3. The van der Waals surface area contributed by atoms with Gasteiger partial charge in [0.05, 0.1) is 11.3 Å². The van der Waals surface area contributed by atoms with Gasteiger partial charge in [0.15, 0.2) is 5.11 Å². The number of thiocarbonyl (C=S) groups is 1. The number of para-hydroxylation sites is 1. The number of anilines is 1. The molecule has 1 aromatic heterocycles. The summed E-state index contributed by atoms with van der Waals surface area (Å²) in [6.45, 7) is 1.09. The zero-order valence-corrected chi connectivity index (χ0v) is 18.3. The number of likely N-dealkylation sites (N-methyl/N-ethyl adjacent to an activating group) is 1. The molecule has 3 aromatic rings. The van der Waals surface area contributed by atoms with Crippen LogP contribution in [-0.2, 0) is 18.0 Å². The van der Waals surface area contributed by atoms with Crippen molar-refractivity contribution in [1.29, 1.82) is 0 Å². The molecule has 3 heterocycles. The molecule has 2 atom stereocenters. The van der Waals surface area contributed by atoms with Crippen LogP contribution < -0.4 is 10.2 Å². The standard InChI is InChI=1S/C23H21F3N4OS/c1-28-12-18(17-11-29(2)19-6-4-3-5-16(17)19)22(13-28)20(31)30(21(32)27-22)15-9-7-14(8-10-15)23(24,25)26/h3-11,18H,12-13H2,1-2H3,(H,27,32)/t18-,22+/m1/s1. The van der Waals surface area contributed by atoms with Gasteiger partial charge in [0.2, 0.25) is 0 Å². The molecule has 1 spiro atoms. The predicted molar refractivity (Wildman–Crippen MR) is 121 cm³/mol. The van der Waals surface area contributed by atoms with Gasteiger partial charge < -0.3 is 14.8 Å². The van der Waals surface area contributed by atoms with Gasteiger partial charge in [-0.2, -0.15) is 13.2 Å². The maximum absolute atomic E-state index is 13.8. The van der Waals surface area contributed by atoms with E-state index in [0.717, 1.165) is 28.6 Å². The molecule has 5 nitrogen and oxygen atoms in total. The summed E-state index contributed by atoms with van der Waals surface area (Å²) >= 11 is 5.51. The summed E-state index contributed by atoms with van der Waals surface area (Å²) in [6.07, 6.45) is -2.39. The first-order chi connectivity index (χ1) is 15.1. The van der Waals surface area contributed by atoms with Crippen molar-refractivity contribution >= 4 is 39.8 Å². The van der Waals surface area contributed by atoms with E-state index in [1.54, 1.807) is 0 Å². The molecule has 0 radical (unpaired) electrons. The molecule has 2 fully saturated rings. The highest BCUT2D eigenvalue weighted by molar-refractivity contribution is 7.80. The Bertz CT molecular complexity index is 1240. The largest absolute Gasteiger partial charge is 0.416 e. The van der Waals surface area contributed by atoms with E-state index < -0.39 is 17.3 Å². The van der Waals surface area contributed by atoms with E-state index in [0.29, 0.717) is 18.8 Å². The summed E-state index contributed by atoms with van der Waals surface area (Å²) in [6, 6.07) is 12.6. The number of nitrogens with one attached hydrogen (secondary N) is 1. The van der Waals surface area contributed by atoms with Crippen molar-refractivity contribution in [3.05, 3.63) is 65.9 Å². The molecule has 5 rings (SSSR count). The van der Waals surface area contributed by atoms with E-state index in [9.17, 15) is 18.0 Å². The van der Waals surface area contributed by atoms with Crippen LogP contribution in [0.5, 0.6) is 0 Å². The van der Waals surface area contributed by atoms with E-state index >= 15 is 0 Å². The Labute approximate surface area is 188 Å². The molecule has 32 heavy (non-hydrogen) atoms. The van der Waals surface area contributed by atoms with Crippen LogP contribution in [0.2, 0.25) is 0 Å². The van der Waals surface area contributed by atoms with Gasteiger partial charge in [-0.3, -0.25) is 9.69 Å². The second-order valence-corrected chi connectivity index (χ2v) is 8.94. The number of fused-ring (bicyclic) bond motifs is 1. The average molecular weight is 459 g/mol. The molecule has 1 N–H and O–H groups in total. The minimum atomic E-state index is -4.44. The summed E-state index contributed by atoms with van der Waals surface area (Å²) < 4.78 is 41.0. The lowest BCUT2D eigenvalue weighted by atomic mass is 9.81. The van der Waals surface area contributed by atoms with Gasteiger partial charge >= 0.3 is 6.18 Å². The number of hydrogen-bond donors (Lipinski definition) is 1. The zero-order valence-electron chi connectivity index (χ0n) is 17.5. The molecule has 0 unspecified atom stereocenters. The number of alkyl halides is 3. The van der Waals surface area contributed by atoms with Crippen molar-refractivity contribution < 1.29 is 18.0 Å². The van der Waals surface area contributed by atoms with Crippen molar-refractivity contribution in [3.8, 4) is 0 Å². The maximum Gasteiger partial charge on any atom is 0.416 e. The highest BCUT2D eigenvalue weighted by Gasteiger charge is 2.59. The third-order valence-electron chi connectivity index (χ3n) is 6.48. The molecule has 0 aliphatic carbocycles. The van der Waals surface area contributed by atoms with Gasteiger partial charge in [0.1, 0.15) is 5.54 Å². The molecule has 9 heteroatoms. The molecular weight excluding hydrogens is 437 g/mol. The second-order valence-electron chi connectivity index (χ2n) is 8.55. The van der Waals surface area contributed by atoms with Crippen molar-refractivity contribution in [3.63, 3.8) is 0 Å². The lowest BCUT2D eigenvalue weighted by Gasteiger charge is -2.28. The molecule has 2 aromatic carbocycles. The van der Waals surface area contributed by atoms with Crippen LogP contribution >= 0.6 is 12.2 Å². The molecule has 0 bridgehead atoms. The summed E-state index contributed by atoms with van der Waals surface area (Å²) in [7, 11) is 3.92. The molecular formula is C23H21F3N4OS. The van der Waals surface area contributed by atoms with Crippen LogP contribution in [0.3, 0.4) is 0 Å². The van der Waals surface area contributed by atoms with Crippen LogP contribution in [0.25, 0.3) is 10.9 Å². The Balaban J connectivity index is 1.56. The fourth-order valence-electron chi connectivity index (χ4n) is 5.05. The Morgan fingerprint density at radius 1 is 1.09 bits per heavy atom. The molecule has 2 aliphatic heterocycles. The lowest BCUT2D eigenvalue weighted by molar-refractivity contribution is -0.137. The predicted octanol–water partition coefficient (Wildman–Crippen LogP) is 3.89. The van der Waals surface area contributed by atoms with Crippen molar-refractivity contribution in [2.75, 3.05) is 25.0 Å². The number of aromatic nitrogens is 1. The first kappa shape index (κ1) is 21.0. The van der Waals surface area contributed by atoms with Crippen LogP contribution in [0.4, 0.5) is 18.9 Å². The third-order valence-corrected chi connectivity index (χ3v) is 6.77. The number of benzene rings is 2. The lowest BCUT2D eigenvalue weighted by Crippen LogP contribution is -2.52. The van der Waals surface area contributed by atoms with Crippen molar-refractivity contribution in [2.24, 2.45) is 7.05 Å². The van der Waals surface area contributed by atoms with Gasteiger partial charge in [-0.05, 0) is 55.2 Å². The molecule has 0 saturated carbocycles. The molecule has 166 valence electrons. The number of carbonyl (C=O) groups is 1. The van der Waals surface area contributed by atoms with E-state index in [1.807, 2.05) is 42.9 Å². The molecule has 2 saturated heterocycles. The van der Waals surface area contributed by atoms with Crippen LogP contribution in [-0.4, -0.2) is 46.2 Å². The van der Waals surface area contributed by atoms with Crippen LogP contribution in [0.15, 0.2) is 54.7 Å². The topological polar surface area (TPSA) is 40.5 Å². The monoisotopic (exact) mass is 458 g/mol. The van der Waals surface area contributed by atoms with Gasteiger partial charge in [-0.25, -0.2) is 0 Å². The molecule has 2 aliphatic rings. The summed E-state index contributed by atoms with van der Waals surface area (Å²) in [5.74, 6) is -0.423. The average Bonchev–Trinajstić information content (AvgIpc) is 3.33. The van der Waals surface area contributed by atoms with E-state index in [2.05, 4.69) is 16.4 Å². The van der Waals surface area contributed by atoms with Crippen LogP contribution in [0.1, 0.15) is 17.0 Å². The highest BCUT2D eigenvalue weighted by atomic mass is 32.1. The summed E-state index contributed by atoms with van der Waals surface area (Å²) in [5.41, 5.74) is 0.683. The minimum absolute atomic E-state index is 0.177. The van der Waals surface area contributed by atoms with Gasteiger partial charge in [-0.1, -0.05) is 18.2 Å². The number of rotatable bonds is 2. The SMILES string of the molecule is CN1C[C@H](c2cn(C)c3ccccc23)[C@]2(C1)NC(=S)N(c1ccc(C(F)(F)F)cc1)C2=O. The minimum Gasteiger partial charge on any atom is -0.350 e. The number of halogens is 3. The first-order valence-corrected chi connectivity index (χ1v) is 10.6. The molecule has 1 amide bonds. The maximum atomic E-state index is 13.8. The second kappa shape index (κ2) is 7.05. The number of likely N-dealkylation sites (tertiary alicyclic amines) is 1. The Morgan fingerprint density at radius 2 is 1.78 bits per heavy atom. The van der Waals surface area contributed by atoms with Crippen LogP contribution in [0, 0.1) is 0 Å².